The van der Waals surface area contributed by atoms with E-state index in [0.717, 1.165) is 30.9 Å². The van der Waals surface area contributed by atoms with Gasteiger partial charge in [0.1, 0.15) is 0 Å². The van der Waals surface area contributed by atoms with Gasteiger partial charge in [0.2, 0.25) is 0 Å². The lowest BCUT2D eigenvalue weighted by Crippen LogP contribution is -2.46. The number of benzene rings is 1. The Kier molecular flexibility index (Phi) is 7.41. The molecule has 4 nitrogen and oxygen atoms in total. The molecule has 0 aromatic heterocycles. The summed E-state index contributed by atoms with van der Waals surface area (Å²) in [7, 11) is 0. The van der Waals surface area contributed by atoms with E-state index in [1.54, 1.807) is 0 Å². The van der Waals surface area contributed by atoms with Crippen LogP contribution < -0.4 is 14.8 Å². The fraction of sp³-hybridized carbons (Fsp3) is 0.625. The van der Waals surface area contributed by atoms with Gasteiger partial charge in [-0.1, -0.05) is 26.0 Å². The van der Waals surface area contributed by atoms with Crippen molar-refractivity contribution in [1.29, 1.82) is 0 Å². The highest BCUT2D eigenvalue weighted by Gasteiger charge is 2.21. The average Bonchev–Trinajstić information content (AvgIpc) is 2.46. The van der Waals surface area contributed by atoms with Crippen molar-refractivity contribution in [3.63, 3.8) is 0 Å². The molecule has 20 heavy (non-hydrogen) atoms. The monoisotopic (exact) mass is 281 g/mol. The summed E-state index contributed by atoms with van der Waals surface area (Å²) in [5.74, 6) is 1.54. The molecule has 2 N–H and O–H groups in total. The summed E-state index contributed by atoms with van der Waals surface area (Å²) in [5.41, 5.74) is -0.298. The second-order valence-corrected chi connectivity index (χ2v) is 5.14. The van der Waals surface area contributed by atoms with Crippen LogP contribution in [0.25, 0.3) is 0 Å². The summed E-state index contributed by atoms with van der Waals surface area (Å²) in [6, 6.07) is 7.70. The van der Waals surface area contributed by atoms with Gasteiger partial charge < -0.3 is 19.9 Å². The Bertz CT molecular complexity index is 384. The van der Waals surface area contributed by atoms with E-state index in [1.807, 2.05) is 38.1 Å². The van der Waals surface area contributed by atoms with Crippen molar-refractivity contribution in [3.05, 3.63) is 24.3 Å². The van der Waals surface area contributed by atoms with E-state index in [9.17, 15) is 5.11 Å². The van der Waals surface area contributed by atoms with E-state index in [-0.39, 0.29) is 12.1 Å². The van der Waals surface area contributed by atoms with E-state index >= 15 is 0 Å². The van der Waals surface area contributed by atoms with Gasteiger partial charge in [-0.25, -0.2) is 0 Å². The zero-order valence-corrected chi connectivity index (χ0v) is 12.8. The number of hydrogen-bond donors (Lipinski definition) is 2. The summed E-state index contributed by atoms with van der Waals surface area (Å²) >= 11 is 0. The van der Waals surface area contributed by atoms with Crippen molar-refractivity contribution in [1.82, 2.24) is 5.32 Å². The van der Waals surface area contributed by atoms with Crippen molar-refractivity contribution < 1.29 is 14.6 Å². The maximum Gasteiger partial charge on any atom is 0.161 e. The van der Waals surface area contributed by atoms with Crippen LogP contribution in [0.4, 0.5) is 0 Å². The number of aliphatic hydroxyl groups excluding tert-OH is 1. The van der Waals surface area contributed by atoms with Crippen LogP contribution in [0.2, 0.25) is 0 Å². The molecule has 0 saturated heterocycles. The van der Waals surface area contributed by atoms with Gasteiger partial charge in [-0.3, -0.25) is 0 Å². The van der Waals surface area contributed by atoms with Crippen LogP contribution in [0.3, 0.4) is 0 Å². The second kappa shape index (κ2) is 8.82. The summed E-state index contributed by atoms with van der Waals surface area (Å²) < 4.78 is 11.5. The second-order valence-electron chi connectivity index (χ2n) is 5.14. The van der Waals surface area contributed by atoms with E-state index in [2.05, 4.69) is 12.2 Å². The number of aliphatic hydroxyl groups is 1. The zero-order valence-electron chi connectivity index (χ0n) is 12.8. The Labute approximate surface area is 122 Å². The number of hydrogen-bond acceptors (Lipinski definition) is 4. The van der Waals surface area contributed by atoms with Gasteiger partial charge in [0, 0.05) is 12.0 Å². The third-order valence-corrected chi connectivity index (χ3v) is 3.17. The maximum absolute atomic E-state index is 9.44. The van der Waals surface area contributed by atoms with Gasteiger partial charge in [0.05, 0.1) is 19.8 Å². The maximum atomic E-state index is 9.44. The SMILES string of the molecule is CCCOc1ccccc1OCCC(C)(CO)NCC. The number of para-hydroxylation sites is 2. The van der Waals surface area contributed by atoms with Crippen LogP contribution >= 0.6 is 0 Å². The molecule has 0 radical (unpaired) electrons. The largest absolute Gasteiger partial charge is 0.490 e. The predicted molar refractivity (Wildman–Crippen MR) is 81.5 cm³/mol. The molecule has 0 aliphatic rings. The third-order valence-electron chi connectivity index (χ3n) is 3.17. The Morgan fingerprint density at radius 3 is 2.20 bits per heavy atom. The van der Waals surface area contributed by atoms with Crippen LogP contribution in [0.15, 0.2) is 24.3 Å². The normalized spacial score (nSPS) is 13.8. The molecule has 1 aromatic rings. The van der Waals surface area contributed by atoms with Crippen LogP contribution in [0.1, 0.15) is 33.6 Å². The average molecular weight is 281 g/mol. The highest BCUT2D eigenvalue weighted by atomic mass is 16.5. The predicted octanol–water partition coefficient (Wildman–Crippen LogP) is 2.60. The van der Waals surface area contributed by atoms with Crippen LogP contribution in [0.5, 0.6) is 11.5 Å². The lowest BCUT2D eigenvalue weighted by atomic mass is 10.00. The van der Waals surface area contributed by atoms with E-state index in [0.29, 0.717) is 13.2 Å². The molecule has 0 saturated carbocycles. The molecule has 0 bridgehead atoms. The Morgan fingerprint density at radius 1 is 1.10 bits per heavy atom. The number of rotatable bonds is 10. The first-order chi connectivity index (χ1) is 9.65. The van der Waals surface area contributed by atoms with Crippen molar-refractivity contribution in [3.8, 4) is 11.5 Å². The molecule has 114 valence electrons. The first-order valence-corrected chi connectivity index (χ1v) is 7.35. The van der Waals surface area contributed by atoms with Crippen molar-refractivity contribution in [2.75, 3.05) is 26.4 Å². The van der Waals surface area contributed by atoms with E-state index < -0.39 is 0 Å². The summed E-state index contributed by atoms with van der Waals surface area (Å²) in [6.07, 6.45) is 1.71. The van der Waals surface area contributed by atoms with Gasteiger partial charge in [-0.05, 0) is 32.0 Å². The Balaban J connectivity index is 2.52. The molecule has 1 atom stereocenters. The third kappa shape index (κ3) is 5.39. The molecule has 0 spiro atoms. The first-order valence-electron chi connectivity index (χ1n) is 7.35. The molecule has 0 amide bonds. The van der Waals surface area contributed by atoms with Crippen LogP contribution in [0, 0.1) is 0 Å². The quantitative estimate of drug-likeness (QED) is 0.692. The first kappa shape index (κ1) is 16.8. The lowest BCUT2D eigenvalue weighted by molar-refractivity contribution is 0.144. The van der Waals surface area contributed by atoms with Gasteiger partial charge in [-0.2, -0.15) is 0 Å². The number of likely N-dealkylation sites (N-methyl/N-ethyl adjacent to an activating group) is 1. The van der Waals surface area contributed by atoms with Gasteiger partial charge in [-0.15, -0.1) is 0 Å². The molecule has 0 aliphatic heterocycles. The molecule has 0 heterocycles. The molecule has 1 unspecified atom stereocenters. The molecule has 0 aliphatic carbocycles. The summed E-state index contributed by atoms with van der Waals surface area (Å²) in [6.45, 7) is 8.25. The summed E-state index contributed by atoms with van der Waals surface area (Å²) in [5, 5.41) is 12.7. The minimum Gasteiger partial charge on any atom is -0.490 e. The zero-order chi connectivity index (χ0) is 14.8. The summed E-state index contributed by atoms with van der Waals surface area (Å²) in [4.78, 5) is 0. The van der Waals surface area contributed by atoms with E-state index in [1.165, 1.54) is 0 Å². The topological polar surface area (TPSA) is 50.7 Å². The Hall–Kier alpha value is -1.26. The fourth-order valence-corrected chi connectivity index (χ4v) is 1.94. The molecule has 0 fully saturated rings. The smallest absolute Gasteiger partial charge is 0.161 e. The van der Waals surface area contributed by atoms with Crippen molar-refractivity contribution in [2.24, 2.45) is 0 Å². The van der Waals surface area contributed by atoms with Gasteiger partial charge >= 0.3 is 0 Å². The van der Waals surface area contributed by atoms with Crippen LogP contribution in [-0.4, -0.2) is 37.0 Å². The van der Waals surface area contributed by atoms with E-state index in [4.69, 9.17) is 9.47 Å². The fourth-order valence-electron chi connectivity index (χ4n) is 1.94. The standard InChI is InChI=1S/C16H27NO3/c1-4-11-19-14-8-6-7-9-15(14)20-12-10-16(3,13-18)17-5-2/h6-9,17-18H,4-5,10-13H2,1-3H3. The van der Waals surface area contributed by atoms with Crippen molar-refractivity contribution in [2.45, 2.75) is 39.2 Å². The number of ether oxygens (including phenoxy) is 2. The number of nitrogens with one attached hydrogen (secondary N) is 1. The van der Waals surface area contributed by atoms with Crippen molar-refractivity contribution >= 4 is 0 Å². The highest BCUT2D eigenvalue weighted by Crippen LogP contribution is 2.27. The minimum absolute atomic E-state index is 0.0954. The highest BCUT2D eigenvalue weighted by molar-refractivity contribution is 5.39. The van der Waals surface area contributed by atoms with Crippen LogP contribution in [-0.2, 0) is 0 Å². The van der Waals surface area contributed by atoms with Gasteiger partial charge in [0.15, 0.2) is 11.5 Å². The molecule has 1 rings (SSSR count). The lowest BCUT2D eigenvalue weighted by Gasteiger charge is -2.28. The molecule has 1 aromatic carbocycles. The minimum atomic E-state index is -0.298. The molecular weight excluding hydrogens is 254 g/mol. The molecular formula is C16H27NO3. The Morgan fingerprint density at radius 2 is 1.70 bits per heavy atom. The van der Waals surface area contributed by atoms with Gasteiger partial charge in [0.25, 0.3) is 0 Å². The molecule has 4 heteroatoms.